The third-order valence-electron chi connectivity index (χ3n) is 14.4. The maximum Gasteiger partial charge on any atom is 0.306 e. The van der Waals surface area contributed by atoms with Gasteiger partial charge in [0, 0.05) is 19.3 Å². The van der Waals surface area contributed by atoms with Crippen LogP contribution in [0.3, 0.4) is 0 Å². The van der Waals surface area contributed by atoms with Crippen molar-refractivity contribution in [3.63, 3.8) is 0 Å². The van der Waals surface area contributed by atoms with Gasteiger partial charge in [0.15, 0.2) is 6.10 Å². The van der Waals surface area contributed by atoms with E-state index in [1.165, 1.54) is 231 Å². The van der Waals surface area contributed by atoms with Gasteiger partial charge in [-0.15, -0.1) is 0 Å². The smallest absolute Gasteiger partial charge is 0.306 e. The van der Waals surface area contributed by atoms with Crippen molar-refractivity contribution in [1.82, 2.24) is 0 Å². The molecule has 6 nitrogen and oxygen atoms in total. The van der Waals surface area contributed by atoms with Gasteiger partial charge in [0.1, 0.15) is 13.2 Å². The molecule has 72 heavy (non-hydrogen) atoms. The molecule has 0 spiro atoms. The molecule has 0 aliphatic rings. The number of allylic oxidation sites excluding steroid dienone is 6. The average molecular weight is 1010 g/mol. The van der Waals surface area contributed by atoms with Crippen molar-refractivity contribution in [1.29, 1.82) is 0 Å². The summed E-state index contributed by atoms with van der Waals surface area (Å²) in [5.41, 5.74) is 0. The molecule has 0 aliphatic carbocycles. The summed E-state index contributed by atoms with van der Waals surface area (Å²) in [5, 5.41) is 0. The summed E-state index contributed by atoms with van der Waals surface area (Å²) in [6, 6.07) is 0. The molecule has 0 aromatic heterocycles. The van der Waals surface area contributed by atoms with E-state index in [0.29, 0.717) is 19.3 Å². The fourth-order valence-corrected chi connectivity index (χ4v) is 9.57. The average Bonchev–Trinajstić information content (AvgIpc) is 3.38. The Kier molecular flexibility index (Phi) is 59.2. The zero-order chi connectivity index (χ0) is 52.2. The van der Waals surface area contributed by atoms with Crippen LogP contribution in [0.4, 0.5) is 0 Å². The SMILES string of the molecule is CCCCCCC/C=C\C/C=C\C/C=C\CCCCCCCCC(=O)OC(COC(=O)CCCCCCCCCC)COC(=O)CCCCCCCCCCCCCCCCCCCCCCCCCCC. The Hall–Kier alpha value is -2.37. The highest BCUT2D eigenvalue weighted by atomic mass is 16.6. The van der Waals surface area contributed by atoms with Gasteiger partial charge in [0.25, 0.3) is 0 Å². The van der Waals surface area contributed by atoms with Crippen LogP contribution in [0.1, 0.15) is 348 Å². The number of hydrogen-bond donors (Lipinski definition) is 0. The molecule has 0 saturated carbocycles. The van der Waals surface area contributed by atoms with Crippen LogP contribution < -0.4 is 0 Å². The van der Waals surface area contributed by atoms with E-state index < -0.39 is 6.10 Å². The summed E-state index contributed by atoms with van der Waals surface area (Å²) in [6.45, 7) is 6.64. The summed E-state index contributed by atoms with van der Waals surface area (Å²) in [7, 11) is 0. The summed E-state index contributed by atoms with van der Waals surface area (Å²) in [4.78, 5) is 38.1. The van der Waals surface area contributed by atoms with Crippen LogP contribution in [0.25, 0.3) is 0 Å². The van der Waals surface area contributed by atoms with Crippen LogP contribution in [0.5, 0.6) is 0 Å². The van der Waals surface area contributed by atoms with E-state index in [4.69, 9.17) is 14.2 Å². The van der Waals surface area contributed by atoms with Crippen LogP contribution in [-0.2, 0) is 28.6 Å². The Bertz CT molecular complexity index is 1210. The lowest BCUT2D eigenvalue weighted by Gasteiger charge is -2.18. The molecule has 0 heterocycles. The van der Waals surface area contributed by atoms with Crippen molar-refractivity contribution in [3.8, 4) is 0 Å². The maximum atomic E-state index is 12.9. The van der Waals surface area contributed by atoms with Gasteiger partial charge in [0.2, 0.25) is 0 Å². The molecule has 0 bridgehead atoms. The highest BCUT2D eigenvalue weighted by Gasteiger charge is 2.19. The zero-order valence-electron chi connectivity index (χ0n) is 48.5. The van der Waals surface area contributed by atoms with Crippen molar-refractivity contribution in [2.24, 2.45) is 0 Å². The Morgan fingerprint density at radius 2 is 0.500 bits per heavy atom. The molecule has 1 unspecified atom stereocenters. The topological polar surface area (TPSA) is 78.9 Å². The van der Waals surface area contributed by atoms with E-state index in [9.17, 15) is 14.4 Å². The highest BCUT2D eigenvalue weighted by Crippen LogP contribution is 2.18. The lowest BCUT2D eigenvalue weighted by Crippen LogP contribution is -2.30. The Morgan fingerprint density at radius 1 is 0.278 bits per heavy atom. The summed E-state index contributed by atoms with van der Waals surface area (Å²) in [5.74, 6) is -0.869. The monoisotopic (exact) mass is 1010 g/mol. The van der Waals surface area contributed by atoms with Crippen LogP contribution in [0.15, 0.2) is 36.5 Å². The van der Waals surface area contributed by atoms with Gasteiger partial charge < -0.3 is 14.2 Å². The fourth-order valence-electron chi connectivity index (χ4n) is 9.57. The summed E-state index contributed by atoms with van der Waals surface area (Å²) >= 11 is 0. The van der Waals surface area contributed by atoms with E-state index in [1.807, 2.05) is 0 Å². The Balaban J connectivity index is 4.15. The third kappa shape index (κ3) is 58.5. The van der Waals surface area contributed by atoms with Crippen molar-refractivity contribution in [3.05, 3.63) is 36.5 Å². The second-order valence-corrected chi connectivity index (χ2v) is 21.7. The first-order chi connectivity index (χ1) is 35.5. The quantitative estimate of drug-likeness (QED) is 0.0261. The molecule has 0 radical (unpaired) electrons. The lowest BCUT2D eigenvalue weighted by atomic mass is 10.0. The standard InChI is InChI=1S/C66H122O6/c1-4-7-10-13-16-19-21-23-25-27-29-31-32-33-34-36-37-39-41-43-45-47-50-53-56-59-65(68)71-62-63(61-70-64(67)58-55-52-49-18-15-12-9-6-3)72-66(69)60-57-54-51-48-46-44-42-40-38-35-30-28-26-24-22-20-17-14-11-8-5-2/h22,24,28,30,38,40,63H,4-21,23,25-27,29,31-37,39,41-62H2,1-3H3/b24-22-,30-28-,40-38-. The molecular formula is C66H122O6. The molecule has 0 amide bonds. The fraction of sp³-hybridized carbons (Fsp3) is 0.864. The molecule has 0 aromatic carbocycles. The van der Waals surface area contributed by atoms with Gasteiger partial charge in [-0.05, 0) is 57.8 Å². The van der Waals surface area contributed by atoms with Crippen molar-refractivity contribution >= 4 is 17.9 Å². The predicted molar refractivity (Wildman–Crippen MR) is 312 cm³/mol. The second-order valence-electron chi connectivity index (χ2n) is 21.7. The molecule has 0 aliphatic heterocycles. The minimum Gasteiger partial charge on any atom is -0.462 e. The van der Waals surface area contributed by atoms with Crippen LogP contribution in [0.2, 0.25) is 0 Å². The van der Waals surface area contributed by atoms with Crippen LogP contribution in [0, 0.1) is 0 Å². The molecule has 0 fully saturated rings. The molecule has 0 rings (SSSR count). The van der Waals surface area contributed by atoms with Crippen molar-refractivity contribution in [2.75, 3.05) is 13.2 Å². The number of hydrogen-bond acceptors (Lipinski definition) is 6. The van der Waals surface area contributed by atoms with E-state index >= 15 is 0 Å². The van der Waals surface area contributed by atoms with E-state index in [-0.39, 0.29) is 31.1 Å². The number of carbonyl (C=O) groups excluding carboxylic acids is 3. The first-order valence-electron chi connectivity index (χ1n) is 32.0. The normalized spacial score (nSPS) is 12.2. The number of ether oxygens (including phenoxy) is 3. The molecule has 6 heteroatoms. The third-order valence-corrected chi connectivity index (χ3v) is 14.4. The van der Waals surface area contributed by atoms with Crippen molar-refractivity contribution in [2.45, 2.75) is 354 Å². The molecule has 0 N–H and O–H groups in total. The molecule has 0 aromatic rings. The lowest BCUT2D eigenvalue weighted by molar-refractivity contribution is -0.167. The van der Waals surface area contributed by atoms with Gasteiger partial charge in [0.05, 0.1) is 0 Å². The molecule has 0 saturated heterocycles. The summed E-state index contributed by atoms with van der Waals surface area (Å²) in [6.07, 6.45) is 74.6. The van der Waals surface area contributed by atoms with Gasteiger partial charge in [-0.2, -0.15) is 0 Å². The number of carbonyl (C=O) groups is 3. The number of unbranched alkanes of at least 4 members (excludes halogenated alkanes) is 42. The first-order valence-corrected chi connectivity index (χ1v) is 32.0. The van der Waals surface area contributed by atoms with Gasteiger partial charge >= 0.3 is 17.9 Å². The highest BCUT2D eigenvalue weighted by molar-refractivity contribution is 5.71. The second kappa shape index (κ2) is 61.2. The van der Waals surface area contributed by atoms with E-state index in [2.05, 4.69) is 57.2 Å². The Labute approximate surface area is 448 Å². The molecule has 1 atom stereocenters. The van der Waals surface area contributed by atoms with E-state index in [0.717, 1.165) is 77.0 Å². The molecular weight excluding hydrogens is 889 g/mol. The largest absolute Gasteiger partial charge is 0.462 e. The van der Waals surface area contributed by atoms with Crippen LogP contribution >= 0.6 is 0 Å². The minimum absolute atomic E-state index is 0.0730. The van der Waals surface area contributed by atoms with Crippen molar-refractivity contribution < 1.29 is 28.6 Å². The summed E-state index contributed by atoms with van der Waals surface area (Å²) < 4.78 is 16.9. The van der Waals surface area contributed by atoms with Gasteiger partial charge in [-0.25, -0.2) is 0 Å². The van der Waals surface area contributed by atoms with Gasteiger partial charge in [-0.3, -0.25) is 14.4 Å². The van der Waals surface area contributed by atoms with E-state index in [1.54, 1.807) is 0 Å². The van der Waals surface area contributed by atoms with Crippen LogP contribution in [-0.4, -0.2) is 37.2 Å². The predicted octanol–water partition coefficient (Wildman–Crippen LogP) is 21.6. The maximum absolute atomic E-state index is 12.9. The van der Waals surface area contributed by atoms with Gasteiger partial charge in [-0.1, -0.05) is 308 Å². The zero-order valence-corrected chi connectivity index (χ0v) is 48.5. The minimum atomic E-state index is -0.775. The number of rotatable bonds is 59. The number of esters is 3. The molecule has 422 valence electrons. The first kappa shape index (κ1) is 69.6. The Morgan fingerprint density at radius 3 is 0.778 bits per heavy atom.